The van der Waals surface area contributed by atoms with Gasteiger partial charge in [0.2, 0.25) is 35.4 Å². The Labute approximate surface area is 870 Å². The van der Waals surface area contributed by atoms with Crippen LogP contribution in [0.15, 0.2) is 109 Å². The third-order valence-corrected chi connectivity index (χ3v) is 31.9. The number of amides is 6. The summed E-state index contributed by atoms with van der Waals surface area (Å²) in [6, 6.07) is 33.0. The van der Waals surface area contributed by atoms with Crippen molar-refractivity contribution < 1.29 is 99.1 Å². The molecule has 0 radical (unpaired) electrons. The number of nitriles is 2. The lowest BCUT2D eigenvalue weighted by atomic mass is 9.85. The molecular weight excluding hydrogens is 1930 g/mol. The number of aliphatic hydroxyl groups is 1. The van der Waals surface area contributed by atoms with Gasteiger partial charge in [0, 0.05) is 144 Å². The minimum Gasteiger partial charge on any atom is -0.485 e. The van der Waals surface area contributed by atoms with E-state index in [0.717, 1.165) is 68.6 Å². The molecule has 7 saturated heterocycles. The predicted molar refractivity (Wildman–Crippen MR) is 550 cm³/mol. The molecule has 33 nitrogen and oxygen atoms in total. The van der Waals surface area contributed by atoms with E-state index in [2.05, 4.69) is 31.5 Å². The zero-order valence-corrected chi connectivity index (χ0v) is 87.7. The number of likely N-dealkylation sites (tertiary alicyclic amines) is 6. The molecule has 19 rings (SSSR count). The van der Waals surface area contributed by atoms with Crippen molar-refractivity contribution in [1.82, 2.24) is 29.4 Å². The molecule has 14 atom stereocenters. The van der Waals surface area contributed by atoms with Crippen LogP contribution in [0.5, 0.6) is 34.5 Å². The average molecular weight is 2070 g/mol. The number of fused-ring (bicyclic) bond motifs is 6. The second kappa shape index (κ2) is 46.8. The first-order chi connectivity index (χ1) is 69.9. The number of carbonyl (C=O) groups is 6. The fraction of sp³-hybridized carbons (Fsp3) is 0.568. The van der Waals surface area contributed by atoms with Crippen molar-refractivity contribution in [3.8, 4) is 46.6 Å². The van der Waals surface area contributed by atoms with Crippen molar-refractivity contribution in [1.29, 1.82) is 10.5 Å². The number of carbonyl (C=O) groups excluding carboxylic acids is 6. The van der Waals surface area contributed by atoms with Gasteiger partial charge < -0.3 is 99.8 Å². The van der Waals surface area contributed by atoms with Crippen molar-refractivity contribution in [2.75, 3.05) is 78.9 Å². The Morgan fingerprint density at radius 2 is 0.599 bits per heavy atom. The summed E-state index contributed by atoms with van der Waals surface area (Å²) in [5, 5.41) is 28.5. The van der Waals surface area contributed by atoms with E-state index in [9.17, 15) is 39.3 Å². The number of rotatable bonds is 28. The SMILES string of the molecule is C.C1CCOC1.[C-]#[N+]c1ccc2c(c1)[C@@H](N1CCCC1=O)[C@H](OCCCCCO)C(C)(C)O2.[C-]#[N+]c1ccc2c(c1)[C@@H](N1CCCC1=O)[C@H](OCCCCCOP(O[C@H]1[C@H](N3CCCC3=O)c3cc(C#N)ccc3OC1(C)C)O[C@H]1[C@H](N3CCCC3=O)c3cc([N+]#[C-])ccc3OC1(C)C)C(C)(C)O2.[C-]#[N+]c1ccc2c(c1)[C@@H](N1CCCC1=O)[C@H](OP(Cl)O[C@H]1[C@H](N3CCCC3=O)c3cc(C#N)ccc3OC1(C)C)C(C)(C)O2. The lowest BCUT2D eigenvalue weighted by Crippen LogP contribution is -2.56. The van der Waals surface area contributed by atoms with Gasteiger partial charge in [-0.05, 0) is 269 Å². The lowest BCUT2D eigenvalue weighted by molar-refractivity contribution is -0.149. The Hall–Kier alpha value is -11.3. The van der Waals surface area contributed by atoms with E-state index in [1.54, 1.807) is 94.7 Å². The molecule has 782 valence electrons. The summed E-state index contributed by atoms with van der Waals surface area (Å²) in [6.45, 7) is 60.2. The molecule has 0 saturated carbocycles. The third kappa shape index (κ3) is 23.9. The van der Waals surface area contributed by atoms with Crippen LogP contribution in [0.4, 0.5) is 22.7 Å². The summed E-state index contributed by atoms with van der Waals surface area (Å²) in [6.07, 6.45) is 10.1. The molecule has 13 aliphatic heterocycles. The first-order valence-electron chi connectivity index (χ1n) is 51.0. The molecule has 1 N–H and O–H groups in total. The molecule has 13 heterocycles. The minimum atomic E-state index is -2.29. The maximum absolute atomic E-state index is 13.7. The summed E-state index contributed by atoms with van der Waals surface area (Å²) < 4.78 is 90.9. The zero-order valence-electron chi connectivity index (χ0n) is 85.2. The highest BCUT2D eigenvalue weighted by Gasteiger charge is 2.59. The summed E-state index contributed by atoms with van der Waals surface area (Å²) >= 11 is 6.99. The van der Waals surface area contributed by atoms with Gasteiger partial charge in [0.15, 0.2) is 22.7 Å². The van der Waals surface area contributed by atoms with Gasteiger partial charge in [0.05, 0.1) is 92.4 Å². The fourth-order valence-electron chi connectivity index (χ4n) is 22.3. The largest absolute Gasteiger partial charge is 0.485 e. The Bertz CT molecular complexity index is 5880. The Morgan fingerprint density at radius 3 is 0.844 bits per heavy atom. The maximum Gasteiger partial charge on any atom is 0.333 e. The quantitative estimate of drug-likeness (QED) is 0.0271. The zero-order chi connectivity index (χ0) is 104. The van der Waals surface area contributed by atoms with Crippen molar-refractivity contribution in [3.63, 3.8) is 0 Å². The second-order valence-corrected chi connectivity index (χ2v) is 45.0. The third-order valence-electron chi connectivity index (χ3n) is 29.4. The molecule has 36 heteroatoms. The van der Waals surface area contributed by atoms with Crippen LogP contribution in [0.1, 0.15) is 300 Å². The van der Waals surface area contributed by atoms with E-state index in [1.807, 2.05) is 127 Å². The molecule has 6 aromatic rings. The van der Waals surface area contributed by atoms with Crippen LogP contribution >= 0.6 is 27.6 Å². The van der Waals surface area contributed by atoms with E-state index in [0.29, 0.717) is 214 Å². The number of aliphatic hydroxyl groups excluding tert-OH is 1. The predicted octanol–water partition coefficient (Wildman–Crippen LogP) is 21.9. The van der Waals surface area contributed by atoms with Gasteiger partial charge in [-0.2, -0.15) is 10.5 Å². The molecule has 2 unspecified atom stereocenters. The van der Waals surface area contributed by atoms with Crippen molar-refractivity contribution in [3.05, 3.63) is 199 Å². The number of ether oxygens (including phenoxy) is 9. The molecule has 147 heavy (non-hydrogen) atoms. The maximum atomic E-state index is 13.7. The monoisotopic (exact) mass is 2070 g/mol. The molecule has 0 aliphatic carbocycles. The van der Waals surface area contributed by atoms with Gasteiger partial charge in [0.25, 0.3) is 7.73 Å². The van der Waals surface area contributed by atoms with Crippen LogP contribution in [0.3, 0.4) is 0 Å². The van der Waals surface area contributed by atoms with Crippen LogP contribution in [0, 0.1) is 49.0 Å². The van der Waals surface area contributed by atoms with Crippen molar-refractivity contribution in [2.45, 2.75) is 325 Å². The number of hydrogen-bond acceptors (Lipinski definition) is 23. The second-order valence-electron chi connectivity index (χ2n) is 42.2. The first kappa shape index (κ1) is 110. The Balaban J connectivity index is 0.000000178. The van der Waals surface area contributed by atoms with E-state index in [-0.39, 0.29) is 68.2 Å². The Kier molecular flexibility index (Phi) is 35.0. The summed E-state index contributed by atoms with van der Waals surface area (Å²) in [5.74, 6) is 3.79. The van der Waals surface area contributed by atoms with E-state index in [4.69, 9.17) is 108 Å². The molecule has 6 amide bonds. The standard InChI is InChI=1S/C53H61N6O10P.C32H34ClN4O6P.C21H28N2O4.C4H8O.CH4/c1-51(2)48(45(57-24-12-15-42(57)60)37-30-34(55-7)19-22-40(37)65-51)63-27-10-9-11-28-64-70(68-49-46(58-25-13-16-43(58)61)36-29-33(32-54)18-21-39(36)66-52(49,3)4)69-50-47(59-26-14-17-44(59)62)38-31-35(56-8)20-23-41(38)67-53(50,5)6;1-31(2)29(27(36-14-6-8-25(36)38)21-16-19(18-34)10-12-23(21)40-31)42-44(33)43-30-28(37-15-7-9-26(37)39)22-17-20(35-5)11-13-24(22)41-32(30,3)4;1-21(2)20(26-13-6-4-5-12-24)19(23-11-7-8-18(23)25)16-14-15(22-3)9-10-17(16)27-21;1-2-4-5-3-1;/h18-23,29-31,45-50H,9-17,24-28H2,1-6H3;10-13,16-17,27-30H,6-9,14-15H2,1-4H3;9-10,14,19-20,24H,4-8,11-13H2,1-2H3;1-4H2;1H4/t45-,46-,47-,48+,49+,50+,70?;27-,28-,29+,30+,44?;19-,20+;;/m111../s1. The van der Waals surface area contributed by atoms with Crippen LogP contribution in [-0.4, -0.2) is 219 Å². The minimum absolute atomic E-state index is 0. The topological polar surface area (TPSA) is 336 Å². The van der Waals surface area contributed by atoms with Crippen LogP contribution in [0.25, 0.3) is 19.4 Å². The van der Waals surface area contributed by atoms with E-state index in [1.165, 1.54) is 12.8 Å². The normalized spacial score (nSPS) is 26.0. The number of unbranched alkanes of at least 4 members (excludes halogenated alkanes) is 4. The van der Waals surface area contributed by atoms with Crippen molar-refractivity contribution in [2.24, 2.45) is 0 Å². The molecule has 0 spiro atoms. The molecule has 7 fully saturated rings. The van der Waals surface area contributed by atoms with Crippen LogP contribution in [-0.2, 0) is 65.6 Å². The van der Waals surface area contributed by atoms with Gasteiger partial charge in [-0.3, -0.25) is 28.8 Å². The van der Waals surface area contributed by atoms with Gasteiger partial charge in [-0.15, -0.1) is 0 Å². The number of halogens is 1. The lowest BCUT2D eigenvalue weighted by Gasteiger charge is -2.50. The summed E-state index contributed by atoms with van der Waals surface area (Å²) in [4.78, 5) is 105. The van der Waals surface area contributed by atoms with Gasteiger partial charge in [-0.1, -0.05) is 31.7 Å². The molecule has 0 aromatic heterocycles. The summed E-state index contributed by atoms with van der Waals surface area (Å²) in [5.41, 5.74) is 1.81. The number of benzene rings is 6. The first-order valence-corrected chi connectivity index (χ1v) is 54.1. The summed E-state index contributed by atoms with van der Waals surface area (Å²) in [7, 11) is -4.44. The van der Waals surface area contributed by atoms with E-state index < -0.39 is 111 Å². The molecular formula is C111H135ClN12O21P2. The number of nitrogens with zero attached hydrogens (tertiary/aromatic N) is 12. The van der Waals surface area contributed by atoms with Crippen LogP contribution in [0.2, 0.25) is 0 Å². The molecule has 13 aliphatic rings. The molecule has 0 bridgehead atoms. The fourth-order valence-corrected chi connectivity index (χ4v) is 25.5. The van der Waals surface area contributed by atoms with Crippen LogP contribution < -0.4 is 28.4 Å². The van der Waals surface area contributed by atoms with Gasteiger partial charge in [-0.25, -0.2) is 19.4 Å². The number of hydrogen-bond donors (Lipinski definition) is 1. The molecule has 6 aromatic carbocycles. The van der Waals surface area contributed by atoms with Crippen molar-refractivity contribution >= 4 is 85.8 Å². The average Bonchev–Trinajstić information content (AvgIpc) is 1.46. The Morgan fingerprint density at radius 1 is 0.354 bits per heavy atom. The smallest absolute Gasteiger partial charge is 0.333 e. The highest BCUT2D eigenvalue weighted by molar-refractivity contribution is 7.76. The highest BCUT2D eigenvalue weighted by atomic mass is 35.7. The van der Waals surface area contributed by atoms with E-state index >= 15 is 0 Å². The highest BCUT2D eigenvalue weighted by Crippen LogP contribution is 2.62. The van der Waals surface area contributed by atoms with Gasteiger partial charge >= 0.3 is 8.60 Å². The van der Waals surface area contributed by atoms with Gasteiger partial charge in [0.1, 0.15) is 105 Å².